The molecule has 2 saturated heterocycles. The molecule has 26 heavy (non-hydrogen) atoms. The third-order valence-electron chi connectivity index (χ3n) is 4.77. The normalized spacial score (nSPS) is 22.3. The lowest BCUT2D eigenvalue weighted by Crippen LogP contribution is -2.48. The van der Waals surface area contributed by atoms with E-state index < -0.39 is 12.0 Å². The van der Waals surface area contributed by atoms with E-state index in [2.05, 4.69) is 16.6 Å². The highest BCUT2D eigenvalue weighted by Crippen LogP contribution is 2.18. The Balaban J connectivity index is 1.79. The molecule has 8 nitrogen and oxygen atoms in total. The van der Waals surface area contributed by atoms with E-state index >= 15 is 0 Å². The Morgan fingerprint density at radius 1 is 1.31 bits per heavy atom. The van der Waals surface area contributed by atoms with Gasteiger partial charge in [0.25, 0.3) is 0 Å². The molecule has 0 aliphatic carbocycles. The largest absolute Gasteiger partial charge is 0.481 e. The number of aliphatic carboxylic acids is 1. The topological polar surface area (TPSA) is 108 Å². The van der Waals surface area contributed by atoms with Crippen LogP contribution in [0.15, 0.2) is 0 Å². The minimum absolute atomic E-state index is 0.0327. The van der Waals surface area contributed by atoms with Crippen LogP contribution in [0.5, 0.6) is 0 Å². The van der Waals surface area contributed by atoms with Gasteiger partial charge >= 0.3 is 5.97 Å². The van der Waals surface area contributed by atoms with Crippen LogP contribution < -0.4 is 10.6 Å². The molecule has 2 aliphatic heterocycles. The first-order chi connectivity index (χ1) is 12.5. The Morgan fingerprint density at radius 2 is 2.04 bits per heavy atom. The van der Waals surface area contributed by atoms with Gasteiger partial charge in [0.15, 0.2) is 0 Å². The van der Waals surface area contributed by atoms with Gasteiger partial charge in [-0.25, -0.2) is 0 Å². The molecule has 3 N–H and O–H groups in total. The molecule has 144 valence electrons. The number of carboxylic acids is 1. The number of nitrogens with one attached hydrogen (secondary N) is 2. The number of rotatable bonds is 7. The molecule has 0 aromatic rings. The summed E-state index contributed by atoms with van der Waals surface area (Å²) in [5.41, 5.74) is 0. The predicted molar refractivity (Wildman–Crippen MR) is 94.2 cm³/mol. The van der Waals surface area contributed by atoms with Crippen molar-refractivity contribution in [2.75, 3.05) is 32.8 Å². The second-order valence-electron chi connectivity index (χ2n) is 6.76. The van der Waals surface area contributed by atoms with Crippen LogP contribution in [0.4, 0.5) is 0 Å². The molecule has 2 amide bonds. The summed E-state index contributed by atoms with van der Waals surface area (Å²) in [4.78, 5) is 37.1. The van der Waals surface area contributed by atoms with Gasteiger partial charge in [-0.15, -0.1) is 6.42 Å². The quantitative estimate of drug-likeness (QED) is 0.529. The summed E-state index contributed by atoms with van der Waals surface area (Å²) in [6, 6.07) is -0.839. The molecule has 2 aliphatic rings. The van der Waals surface area contributed by atoms with Crippen molar-refractivity contribution in [2.45, 2.75) is 44.2 Å². The van der Waals surface area contributed by atoms with Crippen LogP contribution in [0.3, 0.4) is 0 Å². The number of carbonyl (C=O) groups is 3. The molecule has 0 bridgehead atoms. The van der Waals surface area contributed by atoms with Crippen LogP contribution in [-0.2, 0) is 19.1 Å². The molecule has 0 aromatic carbocycles. The summed E-state index contributed by atoms with van der Waals surface area (Å²) in [5.74, 6) is 0.420. The zero-order valence-corrected chi connectivity index (χ0v) is 14.9. The van der Waals surface area contributed by atoms with Gasteiger partial charge in [0.2, 0.25) is 11.8 Å². The molecule has 0 spiro atoms. The molecule has 0 radical (unpaired) electrons. The van der Waals surface area contributed by atoms with Gasteiger partial charge < -0.3 is 25.4 Å². The van der Waals surface area contributed by atoms with Gasteiger partial charge in [-0.1, -0.05) is 5.92 Å². The van der Waals surface area contributed by atoms with Crippen LogP contribution in [0, 0.1) is 18.3 Å². The second-order valence-corrected chi connectivity index (χ2v) is 6.76. The van der Waals surface area contributed by atoms with Crippen molar-refractivity contribution >= 4 is 17.8 Å². The molecule has 2 atom stereocenters. The van der Waals surface area contributed by atoms with Crippen LogP contribution in [0.2, 0.25) is 0 Å². The smallest absolute Gasteiger partial charge is 0.306 e. The highest BCUT2D eigenvalue weighted by molar-refractivity contribution is 5.82. The maximum absolute atomic E-state index is 12.4. The summed E-state index contributed by atoms with van der Waals surface area (Å²) in [5, 5.41) is 14.6. The number of carbonyl (C=O) groups excluding carboxylic acids is 2. The number of likely N-dealkylation sites (tertiary alicyclic amines) is 1. The summed E-state index contributed by atoms with van der Waals surface area (Å²) >= 11 is 0. The third-order valence-corrected chi connectivity index (χ3v) is 4.77. The molecule has 0 aromatic heterocycles. The summed E-state index contributed by atoms with van der Waals surface area (Å²) in [6.07, 6.45) is 8.22. The first-order valence-corrected chi connectivity index (χ1v) is 9.08. The molecular weight excluding hydrogens is 338 g/mol. The van der Waals surface area contributed by atoms with Crippen LogP contribution >= 0.6 is 0 Å². The van der Waals surface area contributed by atoms with Gasteiger partial charge in [-0.3, -0.25) is 14.4 Å². The summed E-state index contributed by atoms with van der Waals surface area (Å²) in [7, 11) is 0. The Hall–Kier alpha value is -2.11. The maximum atomic E-state index is 12.4. The summed E-state index contributed by atoms with van der Waals surface area (Å²) in [6.45, 7) is 2.75. The van der Waals surface area contributed by atoms with E-state index in [1.807, 2.05) is 0 Å². The predicted octanol–water partition coefficient (Wildman–Crippen LogP) is -0.414. The number of hydrogen-bond acceptors (Lipinski definition) is 5. The van der Waals surface area contributed by atoms with Gasteiger partial charge in [-0.2, -0.15) is 0 Å². The van der Waals surface area contributed by atoms with Gasteiger partial charge in [0.05, 0.1) is 18.4 Å². The van der Waals surface area contributed by atoms with E-state index in [9.17, 15) is 14.4 Å². The Bertz CT molecular complexity index is 554. The van der Waals surface area contributed by atoms with Gasteiger partial charge in [-0.05, 0) is 38.8 Å². The number of nitrogens with zero attached hydrogens (tertiary/aromatic N) is 1. The molecule has 2 heterocycles. The van der Waals surface area contributed by atoms with Crippen molar-refractivity contribution in [1.29, 1.82) is 0 Å². The van der Waals surface area contributed by atoms with Crippen molar-refractivity contribution < 1.29 is 24.2 Å². The van der Waals surface area contributed by atoms with Gasteiger partial charge in [0.1, 0.15) is 12.6 Å². The number of ether oxygens (including phenoxy) is 1. The lowest BCUT2D eigenvalue weighted by atomic mass is 9.96. The molecule has 2 fully saturated rings. The number of carboxylic acid groups (broad SMARTS) is 1. The fourth-order valence-electron chi connectivity index (χ4n) is 3.28. The summed E-state index contributed by atoms with van der Waals surface area (Å²) < 4.78 is 5.70. The second kappa shape index (κ2) is 10.1. The minimum Gasteiger partial charge on any atom is -0.481 e. The zero-order chi connectivity index (χ0) is 18.9. The highest BCUT2D eigenvalue weighted by Gasteiger charge is 2.30. The van der Waals surface area contributed by atoms with E-state index in [0.717, 1.165) is 32.4 Å². The molecule has 1 unspecified atom stereocenters. The minimum atomic E-state index is -1.07. The SMILES string of the molecule is C#CC(CC(=O)O)NC(=O)[C@@H]1CCCN(C(=O)COC2CCNCC2)C1. The maximum Gasteiger partial charge on any atom is 0.306 e. The van der Waals surface area contributed by atoms with Crippen molar-refractivity contribution in [3.8, 4) is 12.3 Å². The van der Waals surface area contributed by atoms with E-state index in [1.54, 1.807) is 4.90 Å². The van der Waals surface area contributed by atoms with E-state index in [-0.39, 0.29) is 36.9 Å². The third kappa shape index (κ3) is 6.32. The lowest BCUT2D eigenvalue weighted by molar-refractivity contribution is -0.142. The monoisotopic (exact) mass is 365 g/mol. The molecule has 2 rings (SSSR count). The Morgan fingerprint density at radius 3 is 2.69 bits per heavy atom. The molecule has 0 saturated carbocycles. The van der Waals surface area contributed by atoms with Crippen molar-refractivity contribution in [1.82, 2.24) is 15.5 Å². The average Bonchev–Trinajstić information content (AvgIpc) is 2.66. The van der Waals surface area contributed by atoms with E-state index in [0.29, 0.717) is 19.5 Å². The Labute approximate surface area is 153 Å². The van der Waals surface area contributed by atoms with Crippen LogP contribution in [0.1, 0.15) is 32.1 Å². The van der Waals surface area contributed by atoms with Crippen LogP contribution in [-0.4, -0.2) is 72.7 Å². The number of piperidine rings is 2. The van der Waals surface area contributed by atoms with Crippen molar-refractivity contribution in [3.05, 3.63) is 0 Å². The molecular formula is C18H27N3O5. The highest BCUT2D eigenvalue weighted by atomic mass is 16.5. The number of terminal acetylenes is 1. The standard InChI is InChI=1S/C18H27N3O5/c1-2-14(10-17(23)24)20-18(25)13-4-3-9-21(11-13)16(22)12-26-15-5-7-19-8-6-15/h1,13-15,19H,3-12H2,(H,20,25)(H,23,24)/t13-,14?/m1/s1. The zero-order valence-electron chi connectivity index (χ0n) is 14.9. The first-order valence-electron chi connectivity index (χ1n) is 9.08. The van der Waals surface area contributed by atoms with Crippen LogP contribution in [0.25, 0.3) is 0 Å². The fraction of sp³-hybridized carbons (Fsp3) is 0.722. The fourth-order valence-corrected chi connectivity index (χ4v) is 3.28. The molecule has 8 heteroatoms. The van der Waals surface area contributed by atoms with Crippen molar-refractivity contribution in [3.63, 3.8) is 0 Å². The van der Waals surface area contributed by atoms with E-state index in [4.69, 9.17) is 16.3 Å². The van der Waals surface area contributed by atoms with Gasteiger partial charge in [0, 0.05) is 13.1 Å². The number of hydrogen-bond donors (Lipinski definition) is 3. The first kappa shape index (κ1) is 20.2. The average molecular weight is 365 g/mol. The van der Waals surface area contributed by atoms with Crippen molar-refractivity contribution in [2.24, 2.45) is 5.92 Å². The lowest BCUT2D eigenvalue weighted by Gasteiger charge is -2.33. The van der Waals surface area contributed by atoms with E-state index in [1.165, 1.54) is 0 Å². The number of amides is 2. The Kier molecular flexibility index (Phi) is 7.88.